The summed E-state index contributed by atoms with van der Waals surface area (Å²) in [4.78, 5) is 12.3. The Labute approximate surface area is 156 Å². The highest BCUT2D eigenvalue weighted by atomic mass is 79.9. The van der Waals surface area contributed by atoms with Crippen molar-refractivity contribution >= 4 is 27.5 Å². The Bertz CT molecular complexity index is 694. The Kier molecular flexibility index (Phi) is 5.97. The molecule has 132 valence electrons. The number of hydrogen-bond acceptors (Lipinski definition) is 3. The van der Waals surface area contributed by atoms with Gasteiger partial charge in [0.25, 0.3) is 5.91 Å². The lowest BCUT2D eigenvalue weighted by Gasteiger charge is -2.16. The van der Waals surface area contributed by atoms with Crippen LogP contribution in [0.15, 0.2) is 53.0 Å². The molecular weight excluding hydrogens is 382 g/mol. The van der Waals surface area contributed by atoms with Crippen molar-refractivity contribution in [2.75, 3.05) is 5.32 Å². The Morgan fingerprint density at radius 2 is 1.64 bits per heavy atom. The molecule has 1 fully saturated rings. The van der Waals surface area contributed by atoms with Crippen LogP contribution >= 0.6 is 15.9 Å². The van der Waals surface area contributed by atoms with Gasteiger partial charge in [-0.1, -0.05) is 15.9 Å². The first-order valence-corrected chi connectivity index (χ1v) is 9.39. The molecule has 0 bridgehead atoms. The minimum Gasteiger partial charge on any atom is -0.490 e. The quantitative estimate of drug-likeness (QED) is 0.722. The Morgan fingerprint density at radius 3 is 2.28 bits per heavy atom. The molecule has 0 saturated heterocycles. The fraction of sp³-hybridized carbons (Fsp3) is 0.350. The van der Waals surface area contributed by atoms with Gasteiger partial charge in [0.05, 0.1) is 6.10 Å². The molecule has 1 aliphatic carbocycles. The number of hydrogen-bond donors (Lipinski definition) is 1. The maximum absolute atomic E-state index is 12.3. The monoisotopic (exact) mass is 403 g/mol. The predicted molar refractivity (Wildman–Crippen MR) is 102 cm³/mol. The van der Waals surface area contributed by atoms with Crippen LogP contribution in [0.5, 0.6) is 11.5 Å². The van der Waals surface area contributed by atoms with Crippen molar-refractivity contribution in [2.45, 2.75) is 44.8 Å². The SMILES string of the molecule is C[C@@H](Oc1ccc(Br)cc1)C(=O)Nc1ccc(OC2CCCC2)cc1. The van der Waals surface area contributed by atoms with Crippen LogP contribution in [0.25, 0.3) is 0 Å². The van der Waals surface area contributed by atoms with Gasteiger partial charge in [-0.15, -0.1) is 0 Å². The van der Waals surface area contributed by atoms with Gasteiger partial charge in [0.15, 0.2) is 6.10 Å². The van der Waals surface area contributed by atoms with Crippen molar-refractivity contribution < 1.29 is 14.3 Å². The highest BCUT2D eigenvalue weighted by molar-refractivity contribution is 9.10. The van der Waals surface area contributed by atoms with Crippen molar-refractivity contribution in [3.8, 4) is 11.5 Å². The molecule has 2 aromatic carbocycles. The van der Waals surface area contributed by atoms with Crippen LogP contribution in [0, 0.1) is 0 Å². The van der Waals surface area contributed by atoms with Crippen molar-refractivity contribution in [3.63, 3.8) is 0 Å². The van der Waals surface area contributed by atoms with E-state index in [0.717, 1.165) is 28.8 Å². The average molecular weight is 404 g/mol. The molecule has 0 spiro atoms. The number of anilines is 1. The molecule has 2 aromatic rings. The molecule has 1 saturated carbocycles. The van der Waals surface area contributed by atoms with E-state index in [4.69, 9.17) is 9.47 Å². The summed E-state index contributed by atoms with van der Waals surface area (Å²) in [5.74, 6) is 1.32. The first-order chi connectivity index (χ1) is 12.1. The number of halogens is 1. The molecule has 3 rings (SSSR count). The summed E-state index contributed by atoms with van der Waals surface area (Å²) in [6, 6.07) is 14.9. The molecule has 1 N–H and O–H groups in total. The van der Waals surface area contributed by atoms with E-state index in [1.807, 2.05) is 48.5 Å². The van der Waals surface area contributed by atoms with Gasteiger partial charge in [0.1, 0.15) is 11.5 Å². The van der Waals surface area contributed by atoms with Gasteiger partial charge in [-0.3, -0.25) is 4.79 Å². The molecule has 0 aliphatic heterocycles. The maximum atomic E-state index is 12.3. The van der Waals surface area contributed by atoms with Gasteiger partial charge in [-0.25, -0.2) is 0 Å². The van der Waals surface area contributed by atoms with Crippen LogP contribution < -0.4 is 14.8 Å². The lowest BCUT2D eigenvalue weighted by Crippen LogP contribution is -2.30. The van der Waals surface area contributed by atoms with E-state index < -0.39 is 6.10 Å². The van der Waals surface area contributed by atoms with Crippen molar-refractivity contribution in [1.82, 2.24) is 0 Å². The van der Waals surface area contributed by atoms with Crippen LogP contribution in [-0.2, 0) is 4.79 Å². The number of amides is 1. The summed E-state index contributed by atoms with van der Waals surface area (Å²) in [5, 5.41) is 2.87. The zero-order chi connectivity index (χ0) is 17.6. The fourth-order valence-electron chi connectivity index (χ4n) is 2.83. The molecule has 0 radical (unpaired) electrons. The fourth-order valence-corrected chi connectivity index (χ4v) is 3.09. The number of rotatable bonds is 6. The average Bonchev–Trinajstić information content (AvgIpc) is 3.11. The maximum Gasteiger partial charge on any atom is 0.265 e. The minimum atomic E-state index is -0.587. The second kappa shape index (κ2) is 8.39. The number of nitrogens with one attached hydrogen (secondary N) is 1. The van der Waals surface area contributed by atoms with E-state index in [-0.39, 0.29) is 5.91 Å². The molecule has 5 heteroatoms. The molecule has 0 heterocycles. The summed E-state index contributed by atoms with van der Waals surface area (Å²) < 4.78 is 12.6. The molecule has 1 amide bonds. The van der Waals surface area contributed by atoms with E-state index in [9.17, 15) is 4.79 Å². The van der Waals surface area contributed by atoms with Crippen LogP contribution in [0.2, 0.25) is 0 Å². The Hall–Kier alpha value is -2.01. The van der Waals surface area contributed by atoms with Gasteiger partial charge in [0, 0.05) is 10.2 Å². The predicted octanol–water partition coefficient (Wildman–Crippen LogP) is 5.18. The van der Waals surface area contributed by atoms with Gasteiger partial charge >= 0.3 is 0 Å². The van der Waals surface area contributed by atoms with Crippen LogP contribution in [0.1, 0.15) is 32.6 Å². The van der Waals surface area contributed by atoms with E-state index in [2.05, 4.69) is 21.2 Å². The smallest absolute Gasteiger partial charge is 0.265 e. The van der Waals surface area contributed by atoms with Crippen molar-refractivity contribution in [3.05, 3.63) is 53.0 Å². The molecule has 4 nitrogen and oxygen atoms in total. The Balaban J connectivity index is 1.51. The van der Waals surface area contributed by atoms with E-state index in [1.165, 1.54) is 12.8 Å². The third-order valence-electron chi connectivity index (χ3n) is 4.22. The Morgan fingerprint density at radius 1 is 1.04 bits per heavy atom. The lowest BCUT2D eigenvalue weighted by atomic mass is 10.2. The standard InChI is InChI=1S/C20H22BrNO3/c1-14(24-18-10-6-15(21)7-11-18)20(23)22-16-8-12-19(13-9-16)25-17-4-2-3-5-17/h6-14,17H,2-5H2,1H3,(H,22,23)/t14-/m1/s1. The van der Waals surface area contributed by atoms with Crippen molar-refractivity contribution in [2.24, 2.45) is 0 Å². The van der Waals surface area contributed by atoms with Crippen LogP contribution in [0.4, 0.5) is 5.69 Å². The topological polar surface area (TPSA) is 47.6 Å². The lowest BCUT2D eigenvalue weighted by molar-refractivity contribution is -0.122. The van der Waals surface area contributed by atoms with Crippen molar-refractivity contribution in [1.29, 1.82) is 0 Å². The largest absolute Gasteiger partial charge is 0.490 e. The second-order valence-corrected chi connectivity index (χ2v) is 7.17. The van der Waals surface area contributed by atoms with E-state index in [1.54, 1.807) is 6.92 Å². The molecule has 0 aromatic heterocycles. The third-order valence-corrected chi connectivity index (χ3v) is 4.75. The van der Waals surface area contributed by atoms with E-state index in [0.29, 0.717) is 11.9 Å². The summed E-state index contributed by atoms with van der Waals surface area (Å²) in [6.07, 6.45) is 4.49. The summed E-state index contributed by atoms with van der Waals surface area (Å²) in [7, 11) is 0. The van der Waals surface area contributed by atoms with Gasteiger partial charge < -0.3 is 14.8 Å². The third kappa shape index (κ3) is 5.23. The highest BCUT2D eigenvalue weighted by Crippen LogP contribution is 2.25. The zero-order valence-corrected chi connectivity index (χ0v) is 15.8. The molecular formula is C20H22BrNO3. The number of ether oxygens (including phenoxy) is 2. The minimum absolute atomic E-state index is 0.188. The van der Waals surface area contributed by atoms with Gasteiger partial charge in [-0.2, -0.15) is 0 Å². The normalized spacial score (nSPS) is 15.6. The van der Waals surface area contributed by atoms with Crippen LogP contribution in [-0.4, -0.2) is 18.1 Å². The van der Waals surface area contributed by atoms with Crippen LogP contribution in [0.3, 0.4) is 0 Å². The van der Waals surface area contributed by atoms with Gasteiger partial charge in [0.2, 0.25) is 0 Å². The van der Waals surface area contributed by atoms with Gasteiger partial charge in [-0.05, 0) is 81.1 Å². The number of carbonyl (C=O) groups excluding carboxylic acids is 1. The van der Waals surface area contributed by atoms with E-state index >= 15 is 0 Å². The molecule has 0 unspecified atom stereocenters. The first kappa shape index (κ1) is 17.8. The first-order valence-electron chi connectivity index (χ1n) is 8.60. The number of carbonyl (C=O) groups is 1. The summed E-state index contributed by atoms with van der Waals surface area (Å²) >= 11 is 3.37. The molecule has 1 atom stereocenters. The molecule has 25 heavy (non-hydrogen) atoms. The molecule has 1 aliphatic rings. The zero-order valence-electron chi connectivity index (χ0n) is 14.2. The number of benzene rings is 2. The summed E-state index contributed by atoms with van der Waals surface area (Å²) in [6.45, 7) is 1.73. The highest BCUT2D eigenvalue weighted by Gasteiger charge is 2.17. The second-order valence-electron chi connectivity index (χ2n) is 6.25. The summed E-state index contributed by atoms with van der Waals surface area (Å²) in [5.41, 5.74) is 0.732.